The highest BCUT2D eigenvalue weighted by Crippen LogP contribution is 2.19. The van der Waals surface area contributed by atoms with Gasteiger partial charge in [-0.15, -0.1) is 0 Å². The molecule has 5 heteroatoms. The molecule has 2 heterocycles. The Bertz CT molecular complexity index is 259. The zero-order valence-electron chi connectivity index (χ0n) is 6.91. The first kappa shape index (κ1) is 8.47. The van der Waals surface area contributed by atoms with Gasteiger partial charge in [-0.05, 0) is 0 Å². The van der Waals surface area contributed by atoms with Gasteiger partial charge in [-0.25, -0.2) is 8.42 Å². The van der Waals surface area contributed by atoms with E-state index >= 15 is 0 Å². The molecule has 0 amide bonds. The molecular weight excluding hydrogens is 176 g/mol. The van der Waals surface area contributed by atoms with Gasteiger partial charge in [0.25, 0.3) is 0 Å². The van der Waals surface area contributed by atoms with E-state index in [4.69, 9.17) is 0 Å². The smallest absolute Gasteiger partial charge is 0.156 e. The number of sulfone groups is 1. The standard InChI is InChI=1S/C7H14N2O2S/c10-12(11)2-1-8-5-7(12)6-3-9-4-6/h6-9H,1-5H2. The second kappa shape index (κ2) is 2.97. The van der Waals surface area contributed by atoms with Crippen LogP contribution in [-0.4, -0.2) is 45.6 Å². The van der Waals surface area contributed by atoms with Crippen LogP contribution in [0.1, 0.15) is 0 Å². The number of nitrogens with one attached hydrogen (secondary N) is 2. The molecule has 0 saturated carbocycles. The molecule has 0 aromatic heterocycles. The molecule has 0 bridgehead atoms. The van der Waals surface area contributed by atoms with Gasteiger partial charge in [-0.2, -0.15) is 0 Å². The van der Waals surface area contributed by atoms with Gasteiger partial charge in [0, 0.05) is 32.1 Å². The molecule has 0 spiro atoms. The first-order valence-electron chi connectivity index (χ1n) is 4.33. The summed E-state index contributed by atoms with van der Waals surface area (Å²) < 4.78 is 23.1. The maximum absolute atomic E-state index is 11.5. The normalized spacial score (nSPS) is 35.8. The van der Waals surface area contributed by atoms with Gasteiger partial charge in [0.2, 0.25) is 0 Å². The summed E-state index contributed by atoms with van der Waals surface area (Å²) in [7, 11) is -2.79. The van der Waals surface area contributed by atoms with Crippen LogP contribution in [0.2, 0.25) is 0 Å². The Morgan fingerprint density at radius 3 is 2.33 bits per heavy atom. The van der Waals surface area contributed by atoms with Crippen LogP contribution in [0.5, 0.6) is 0 Å². The minimum atomic E-state index is -2.79. The van der Waals surface area contributed by atoms with E-state index in [0.29, 0.717) is 24.8 Å². The van der Waals surface area contributed by atoms with Crippen molar-refractivity contribution in [2.24, 2.45) is 5.92 Å². The molecule has 70 valence electrons. The average molecular weight is 190 g/mol. The molecule has 1 atom stereocenters. The molecule has 4 nitrogen and oxygen atoms in total. The second-order valence-corrected chi connectivity index (χ2v) is 5.87. The van der Waals surface area contributed by atoms with Crippen LogP contribution in [0, 0.1) is 5.92 Å². The third-order valence-electron chi connectivity index (χ3n) is 2.71. The SMILES string of the molecule is O=S1(=O)CCNCC1C1CNC1. The maximum Gasteiger partial charge on any atom is 0.156 e. The van der Waals surface area contributed by atoms with Crippen molar-refractivity contribution in [3.05, 3.63) is 0 Å². The number of hydrogen-bond donors (Lipinski definition) is 2. The molecule has 2 fully saturated rings. The van der Waals surface area contributed by atoms with Crippen LogP contribution in [0.25, 0.3) is 0 Å². The lowest BCUT2D eigenvalue weighted by Crippen LogP contribution is -2.57. The highest BCUT2D eigenvalue weighted by atomic mass is 32.2. The van der Waals surface area contributed by atoms with Crippen molar-refractivity contribution in [1.29, 1.82) is 0 Å². The van der Waals surface area contributed by atoms with E-state index in [9.17, 15) is 8.42 Å². The van der Waals surface area contributed by atoms with Crippen LogP contribution >= 0.6 is 0 Å². The van der Waals surface area contributed by atoms with Crippen LogP contribution in [-0.2, 0) is 9.84 Å². The lowest BCUT2D eigenvalue weighted by molar-refractivity contribution is 0.318. The number of hydrogen-bond acceptors (Lipinski definition) is 4. The largest absolute Gasteiger partial charge is 0.316 e. The fraction of sp³-hybridized carbons (Fsp3) is 1.00. The predicted molar refractivity (Wildman–Crippen MR) is 46.8 cm³/mol. The lowest BCUT2D eigenvalue weighted by Gasteiger charge is -2.36. The summed E-state index contributed by atoms with van der Waals surface area (Å²) in [6.45, 7) is 3.00. The Hall–Kier alpha value is -0.130. The Balaban J connectivity index is 2.10. The van der Waals surface area contributed by atoms with Gasteiger partial charge < -0.3 is 10.6 Å². The zero-order chi connectivity index (χ0) is 8.60. The summed E-state index contributed by atoms with van der Waals surface area (Å²) in [4.78, 5) is 0. The Morgan fingerprint density at radius 2 is 1.83 bits per heavy atom. The molecule has 0 aromatic rings. The molecule has 1 unspecified atom stereocenters. The summed E-state index contributed by atoms with van der Waals surface area (Å²) in [6.07, 6.45) is 0. The summed E-state index contributed by atoms with van der Waals surface area (Å²) in [5, 5.41) is 6.10. The van der Waals surface area contributed by atoms with E-state index in [0.717, 1.165) is 13.1 Å². The molecule has 2 N–H and O–H groups in total. The molecule has 2 saturated heterocycles. The summed E-state index contributed by atoms with van der Waals surface area (Å²) in [5.74, 6) is 0.663. The first-order chi connectivity index (χ1) is 5.70. The van der Waals surface area contributed by atoms with Crippen molar-refractivity contribution in [2.75, 3.05) is 31.9 Å². The van der Waals surface area contributed by atoms with E-state index in [2.05, 4.69) is 10.6 Å². The molecule has 2 rings (SSSR count). The molecule has 0 aliphatic carbocycles. The number of rotatable bonds is 1. The third kappa shape index (κ3) is 1.36. The average Bonchev–Trinajstić information content (AvgIpc) is 1.89. The van der Waals surface area contributed by atoms with E-state index in [-0.39, 0.29) is 5.25 Å². The van der Waals surface area contributed by atoms with E-state index < -0.39 is 9.84 Å². The predicted octanol–water partition coefficient (Wildman–Crippen LogP) is -1.41. The summed E-state index contributed by atoms with van der Waals surface area (Å²) in [5.41, 5.74) is 0. The Morgan fingerprint density at radius 1 is 1.08 bits per heavy atom. The molecular formula is C7H14N2O2S. The topological polar surface area (TPSA) is 58.2 Å². The monoisotopic (exact) mass is 190 g/mol. The van der Waals surface area contributed by atoms with Crippen LogP contribution in [0.4, 0.5) is 0 Å². The van der Waals surface area contributed by atoms with Crippen molar-refractivity contribution in [3.63, 3.8) is 0 Å². The van der Waals surface area contributed by atoms with Gasteiger partial charge in [0.15, 0.2) is 9.84 Å². The van der Waals surface area contributed by atoms with Crippen molar-refractivity contribution in [2.45, 2.75) is 5.25 Å². The van der Waals surface area contributed by atoms with Gasteiger partial charge in [0.05, 0.1) is 11.0 Å². The van der Waals surface area contributed by atoms with Crippen molar-refractivity contribution in [3.8, 4) is 0 Å². The van der Waals surface area contributed by atoms with Gasteiger partial charge >= 0.3 is 0 Å². The lowest BCUT2D eigenvalue weighted by atomic mass is 9.99. The Labute approximate surface area is 72.6 Å². The van der Waals surface area contributed by atoms with Gasteiger partial charge in [0.1, 0.15) is 0 Å². The zero-order valence-corrected chi connectivity index (χ0v) is 7.73. The summed E-state index contributed by atoms with van der Waals surface area (Å²) in [6, 6.07) is 0. The highest BCUT2D eigenvalue weighted by molar-refractivity contribution is 7.92. The Kier molecular flexibility index (Phi) is 2.10. The maximum atomic E-state index is 11.5. The summed E-state index contributed by atoms with van der Waals surface area (Å²) >= 11 is 0. The van der Waals surface area contributed by atoms with Crippen molar-refractivity contribution in [1.82, 2.24) is 10.6 Å². The minimum Gasteiger partial charge on any atom is -0.316 e. The highest BCUT2D eigenvalue weighted by Gasteiger charge is 2.37. The molecule has 0 aromatic carbocycles. The fourth-order valence-corrected chi connectivity index (χ4v) is 3.65. The molecule has 2 aliphatic rings. The van der Waals surface area contributed by atoms with Crippen LogP contribution in [0.15, 0.2) is 0 Å². The van der Waals surface area contributed by atoms with Gasteiger partial charge in [-0.3, -0.25) is 0 Å². The second-order valence-electron chi connectivity index (χ2n) is 3.53. The quantitative estimate of drug-likeness (QED) is 0.533. The van der Waals surface area contributed by atoms with Crippen LogP contribution in [0.3, 0.4) is 0 Å². The van der Waals surface area contributed by atoms with Crippen LogP contribution < -0.4 is 10.6 Å². The minimum absolute atomic E-state index is 0.132. The fourth-order valence-electron chi connectivity index (χ4n) is 1.77. The molecule has 2 aliphatic heterocycles. The van der Waals surface area contributed by atoms with Gasteiger partial charge in [-0.1, -0.05) is 0 Å². The molecule has 12 heavy (non-hydrogen) atoms. The molecule has 0 radical (unpaired) electrons. The van der Waals surface area contributed by atoms with Crippen molar-refractivity contribution >= 4 is 9.84 Å². The van der Waals surface area contributed by atoms with E-state index in [1.807, 2.05) is 0 Å². The van der Waals surface area contributed by atoms with E-state index in [1.54, 1.807) is 0 Å². The first-order valence-corrected chi connectivity index (χ1v) is 6.05. The van der Waals surface area contributed by atoms with Crippen molar-refractivity contribution < 1.29 is 8.42 Å². The van der Waals surface area contributed by atoms with E-state index in [1.165, 1.54) is 0 Å². The third-order valence-corrected chi connectivity index (χ3v) is 4.96.